The number of hydrogen-bond donors (Lipinski definition) is 0. The lowest BCUT2D eigenvalue weighted by molar-refractivity contribution is 1.01. The molecule has 0 saturated heterocycles. The molecule has 8 rings (SSSR count). The second-order valence-corrected chi connectivity index (χ2v) is 13.9. The quantitative estimate of drug-likeness (QED) is 0.156. The first-order valence-electron chi connectivity index (χ1n) is 15.7. The second kappa shape index (κ2) is 13.8. The van der Waals surface area contributed by atoms with E-state index in [1.165, 1.54) is 5.56 Å². The van der Waals surface area contributed by atoms with E-state index in [0.717, 1.165) is 64.2 Å². The van der Waals surface area contributed by atoms with Crippen LogP contribution in [0, 0.1) is 6.92 Å². The number of halogens is 1. The van der Waals surface area contributed by atoms with Crippen molar-refractivity contribution in [2.24, 2.45) is 0 Å². The fourth-order valence-corrected chi connectivity index (χ4v) is 7.44. The molecule has 6 nitrogen and oxygen atoms in total. The topological polar surface area (TPSA) is 77.3 Å². The molecule has 0 amide bonds. The van der Waals surface area contributed by atoms with Gasteiger partial charge in [-0.15, -0.1) is 0 Å². The fraction of sp³-hybridized carbons (Fsp3) is 0.0500. The Morgan fingerprint density at radius 3 is 1.82 bits per heavy atom. The van der Waals surface area contributed by atoms with Gasteiger partial charge in [-0.2, -0.15) is 0 Å². The molecule has 4 aromatic heterocycles. The monoisotopic (exact) mass is 690 g/mol. The number of nitrogens with zero attached hydrogens (tertiary/aromatic N) is 6. The van der Waals surface area contributed by atoms with Crippen LogP contribution in [0.5, 0.6) is 0 Å². The smallest absolute Gasteiger partial charge is 0.178 e. The predicted octanol–water partition coefficient (Wildman–Crippen LogP) is 10.6. The molecule has 0 fully saturated rings. The molecule has 0 spiro atoms. The molecule has 0 unspecified atom stereocenters. The highest BCUT2D eigenvalue weighted by Gasteiger charge is 2.15. The predicted molar refractivity (Wildman–Crippen MR) is 199 cm³/mol. The molecule has 0 aliphatic carbocycles. The summed E-state index contributed by atoms with van der Waals surface area (Å²) < 4.78 is 0. The van der Waals surface area contributed by atoms with Crippen molar-refractivity contribution >= 4 is 56.9 Å². The van der Waals surface area contributed by atoms with Crippen LogP contribution in [0.15, 0.2) is 154 Å². The molecule has 0 aliphatic rings. The highest BCUT2D eigenvalue weighted by Crippen LogP contribution is 2.36. The molecule has 0 radical (unpaired) electrons. The molecule has 8 aromatic rings. The van der Waals surface area contributed by atoms with Crippen LogP contribution in [0.3, 0.4) is 0 Å². The lowest BCUT2D eigenvalue weighted by Crippen LogP contribution is -1.98. The van der Waals surface area contributed by atoms with Gasteiger partial charge >= 0.3 is 0 Å². The van der Waals surface area contributed by atoms with Gasteiger partial charge in [0.1, 0.15) is 21.4 Å². The number of aryl methyl sites for hydroxylation is 1. The number of rotatable bonds is 8. The summed E-state index contributed by atoms with van der Waals surface area (Å²) in [4.78, 5) is 30.8. The van der Waals surface area contributed by atoms with Crippen LogP contribution < -0.4 is 0 Å². The van der Waals surface area contributed by atoms with Gasteiger partial charge in [-0.05, 0) is 72.1 Å². The van der Waals surface area contributed by atoms with Crippen LogP contribution in [-0.4, -0.2) is 29.9 Å². The van der Waals surface area contributed by atoms with Gasteiger partial charge in [0.05, 0.1) is 16.1 Å². The Morgan fingerprint density at radius 1 is 0.551 bits per heavy atom. The maximum atomic E-state index is 6.58. The minimum absolute atomic E-state index is 0.591. The Balaban J connectivity index is 1.05. The van der Waals surface area contributed by atoms with E-state index in [1.54, 1.807) is 23.5 Å². The van der Waals surface area contributed by atoms with E-state index < -0.39 is 0 Å². The Hall–Kier alpha value is -5.15. The summed E-state index contributed by atoms with van der Waals surface area (Å²) in [7, 11) is 0. The van der Waals surface area contributed by atoms with Crippen LogP contribution >= 0.6 is 35.1 Å². The van der Waals surface area contributed by atoms with Gasteiger partial charge in [0, 0.05) is 39.4 Å². The van der Waals surface area contributed by atoms with Crippen molar-refractivity contribution in [3.05, 3.63) is 155 Å². The second-order valence-electron chi connectivity index (χ2n) is 11.4. The molecular formula is C40H27ClN6S2. The molecule has 0 N–H and O–H groups in total. The van der Waals surface area contributed by atoms with Gasteiger partial charge in [0.15, 0.2) is 11.6 Å². The first-order chi connectivity index (χ1) is 24.1. The summed E-state index contributed by atoms with van der Waals surface area (Å²) in [6.07, 6.45) is 4.40. The number of pyridine rings is 2. The summed E-state index contributed by atoms with van der Waals surface area (Å²) in [6.45, 7) is 2.08. The van der Waals surface area contributed by atoms with Crippen molar-refractivity contribution in [3.63, 3.8) is 0 Å². The van der Waals surface area contributed by atoms with Gasteiger partial charge < -0.3 is 0 Å². The van der Waals surface area contributed by atoms with Crippen LogP contribution in [0.1, 0.15) is 16.7 Å². The molecule has 236 valence electrons. The van der Waals surface area contributed by atoms with E-state index >= 15 is 0 Å². The van der Waals surface area contributed by atoms with E-state index in [-0.39, 0.29) is 0 Å². The third-order valence-electron chi connectivity index (χ3n) is 8.00. The van der Waals surface area contributed by atoms with Crippen molar-refractivity contribution in [2.75, 3.05) is 0 Å². The maximum Gasteiger partial charge on any atom is 0.178 e. The first kappa shape index (κ1) is 31.1. The zero-order chi connectivity index (χ0) is 33.2. The van der Waals surface area contributed by atoms with Crippen LogP contribution in [-0.2, 0) is 6.42 Å². The number of para-hydroxylation sites is 2. The van der Waals surface area contributed by atoms with Crippen LogP contribution in [0.25, 0.3) is 44.8 Å². The normalized spacial score (nSPS) is 11.3. The van der Waals surface area contributed by atoms with Crippen molar-refractivity contribution in [1.29, 1.82) is 0 Å². The van der Waals surface area contributed by atoms with E-state index in [2.05, 4.69) is 53.3 Å². The van der Waals surface area contributed by atoms with Gasteiger partial charge in [0.2, 0.25) is 0 Å². The standard InChI is InChI=1S/C40H27ClN6S2/c1-25-14-20-34(37-42-23-28-8-2-5-11-32(28)44-37)46-39(25)48-30-18-15-26(16-19-30)22-27-17-21-35(38-43-24-29-9-3-6-12-33(29)45-38)47-40(27)49-36-13-7-4-10-31(36)41/h2-21,23-24H,22H2,1H3. The molecule has 0 aliphatic heterocycles. The minimum Gasteiger partial charge on any atom is -0.237 e. The molecule has 0 bridgehead atoms. The average Bonchev–Trinajstić information content (AvgIpc) is 3.14. The van der Waals surface area contributed by atoms with Crippen LogP contribution in [0.2, 0.25) is 5.02 Å². The fourth-order valence-electron chi connectivity index (χ4n) is 5.38. The summed E-state index contributed by atoms with van der Waals surface area (Å²) >= 11 is 9.78. The summed E-state index contributed by atoms with van der Waals surface area (Å²) in [5, 5.41) is 4.49. The zero-order valence-electron chi connectivity index (χ0n) is 26.3. The minimum atomic E-state index is 0.591. The maximum absolute atomic E-state index is 6.58. The van der Waals surface area contributed by atoms with E-state index in [4.69, 9.17) is 31.5 Å². The number of hydrogen-bond acceptors (Lipinski definition) is 8. The lowest BCUT2D eigenvalue weighted by Gasteiger charge is -2.12. The lowest BCUT2D eigenvalue weighted by atomic mass is 10.1. The molecule has 4 aromatic carbocycles. The average molecular weight is 691 g/mol. The van der Waals surface area contributed by atoms with Crippen molar-refractivity contribution in [3.8, 4) is 23.0 Å². The summed E-state index contributed by atoms with van der Waals surface area (Å²) in [6, 6.07) is 40.6. The zero-order valence-corrected chi connectivity index (χ0v) is 28.7. The van der Waals surface area contributed by atoms with Gasteiger partial charge in [-0.1, -0.05) is 108 Å². The van der Waals surface area contributed by atoms with Crippen LogP contribution in [0.4, 0.5) is 0 Å². The third kappa shape index (κ3) is 6.89. The summed E-state index contributed by atoms with van der Waals surface area (Å²) in [5.74, 6) is 1.21. The molecule has 4 heterocycles. The first-order valence-corrected chi connectivity index (χ1v) is 17.7. The van der Waals surface area contributed by atoms with Gasteiger partial charge in [-0.3, -0.25) is 0 Å². The van der Waals surface area contributed by atoms with E-state index in [9.17, 15) is 0 Å². The molecule has 9 heteroatoms. The van der Waals surface area contributed by atoms with Gasteiger partial charge in [-0.25, -0.2) is 29.9 Å². The largest absolute Gasteiger partial charge is 0.237 e. The molecular weight excluding hydrogens is 664 g/mol. The Kier molecular flexibility index (Phi) is 8.74. The van der Waals surface area contributed by atoms with E-state index in [0.29, 0.717) is 23.1 Å². The Bertz CT molecular complexity index is 2470. The number of benzene rings is 4. The molecule has 0 saturated carbocycles. The summed E-state index contributed by atoms with van der Waals surface area (Å²) in [5.41, 5.74) is 6.62. The van der Waals surface area contributed by atoms with Crippen molar-refractivity contribution in [2.45, 2.75) is 33.2 Å². The SMILES string of the molecule is Cc1ccc(-c2ncc3ccccc3n2)nc1Sc1ccc(Cc2ccc(-c3ncc4ccccc4n3)nc2Sc2ccccc2Cl)cc1. The Labute approximate surface area is 297 Å². The highest BCUT2D eigenvalue weighted by molar-refractivity contribution is 7.99. The number of aromatic nitrogens is 6. The van der Waals surface area contributed by atoms with Crippen molar-refractivity contribution in [1.82, 2.24) is 29.9 Å². The molecule has 0 atom stereocenters. The highest BCUT2D eigenvalue weighted by atomic mass is 35.5. The van der Waals surface area contributed by atoms with Gasteiger partial charge in [0.25, 0.3) is 0 Å². The Morgan fingerprint density at radius 2 is 1.14 bits per heavy atom. The van der Waals surface area contributed by atoms with Crippen molar-refractivity contribution < 1.29 is 0 Å². The third-order valence-corrected chi connectivity index (χ3v) is 10.7. The number of fused-ring (bicyclic) bond motifs is 2. The molecule has 49 heavy (non-hydrogen) atoms. The van der Waals surface area contributed by atoms with E-state index in [1.807, 2.05) is 97.3 Å².